The van der Waals surface area contributed by atoms with E-state index in [-0.39, 0.29) is 0 Å². The summed E-state index contributed by atoms with van der Waals surface area (Å²) in [6, 6.07) is 12.4. The van der Waals surface area contributed by atoms with Crippen LogP contribution in [0.3, 0.4) is 0 Å². The summed E-state index contributed by atoms with van der Waals surface area (Å²) in [5.74, 6) is 0.693. The molecule has 2 atom stereocenters. The van der Waals surface area contributed by atoms with Gasteiger partial charge in [-0.1, -0.05) is 6.07 Å². The van der Waals surface area contributed by atoms with Gasteiger partial charge in [-0.3, -0.25) is 0 Å². The maximum absolute atomic E-state index is 13.7. The number of benzene rings is 1. The fourth-order valence-corrected chi connectivity index (χ4v) is 5.68. The Balaban J connectivity index is 1.45. The quantitative estimate of drug-likeness (QED) is 0.300. The van der Waals surface area contributed by atoms with Crippen LogP contribution in [0.1, 0.15) is 63.6 Å². The van der Waals surface area contributed by atoms with Crippen molar-refractivity contribution < 1.29 is 19.0 Å². The normalized spacial score (nSPS) is 17.6. The molecule has 1 aliphatic carbocycles. The zero-order valence-electron chi connectivity index (χ0n) is 20.8. The fourth-order valence-electron chi connectivity index (χ4n) is 4.68. The predicted molar refractivity (Wildman–Crippen MR) is 141 cm³/mol. The highest BCUT2D eigenvalue weighted by Crippen LogP contribution is 2.43. The Kier molecular flexibility index (Phi) is 6.74. The Morgan fingerprint density at radius 2 is 2.03 bits per heavy atom. The lowest BCUT2D eigenvalue weighted by Gasteiger charge is -2.33. The van der Waals surface area contributed by atoms with E-state index in [1.807, 2.05) is 19.1 Å². The minimum absolute atomic E-state index is 0.399. The van der Waals surface area contributed by atoms with Crippen molar-refractivity contribution in [2.24, 2.45) is 0 Å². The number of nitrogens with zero attached hydrogens (tertiary/aromatic N) is 3. The maximum Gasteiger partial charge on any atom is 0.337 e. The summed E-state index contributed by atoms with van der Waals surface area (Å²) in [4.78, 5) is 26.4. The van der Waals surface area contributed by atoms with Crippen LogP contribution in [0.5, 0.6) is 0 Å². The van der Waals surface area contributed by atoms with Gasteiger partial charge >= 0.3 is 5.97 Å². The summed E-state index contributed by atoms with van der Waals surface area (Å²) >= 11 is 1.39. The number of halogens is 1. The van der Waals surface area contributed by atoms with Crippen LogP contribution in [0.2, 0.25) is 0 Å². The number of aryl methyl sites for hydroxylation is 2. The van der Waals surface area contributed by atoms with E-state index in [0.29, 0.717) is 39.9 Å². The standard InChI is InChI=1S/C28H27FN4O3S/c1-16-11-22(32-25(12-16)33-24-14-18(17(2)29)8-10-30-24)23-15-31-27(37-23)28(35)9-4-5-19-13-20(26(34)36-3)6-7-21(19)28/h6-8,10-15,17,35H,4-5,9H2,1-3H3,(H,30,32,33)/t17-,28?/m0/s1. The van der Waals surface area contributed by atoms with Gasteiger partial charge in [-0.05, 0) is 91.8 Å². The summed E-state index contributed by atoms with van der Waals surface area (Å²) in [7, 11) is 1.35. The number of aliphatic hydroxyl groups is 1. The van der Waals surface area contributed by atoms with Crippen molar-refractivity contribution >= 4 is 28.9 Å². The molecule has 1 unspecified atom stereocenters. The highest BCUT2D eigenvalue weighted by Gasteiger charge is 2.39. The highest BCUT2D eigenvalue weighted by atomic mass is 32.1. The molecule has 3 heterocycles. The van der Waals surface area contributed by atoms with Crippen LogP contribution in [-0.4, -0.2) is 33.1 Å². The molecule has 7 nitrogen and oxygen atoms in total. The summed E-state index contributed by atoms with van der Waals surface area (Å²) in [6.45, 7) is 3.45. The van der Waals surface area contributed by atoms with Crippen LogP contribution in [0.15, 0.2) is 54.9 Å². The fraction of sp³-hybridized carbons (Fsp3) is 0.286. The van der Waals surface area contributed by atoms with Crippen molar-refractivity contribution in [3.05, 3.63) is 87.7 Å². The van der Waals surface area contributed by atoms with E-state index in [1.165, 1.54) is 25.4 Å². The van der Waals surface area contributed by atoms with Gasteiger partial charge in [0.25, 0.3) is 0 Å². The number of ether oxygens (including phenoxy) is 1. The maximum atomic E-state index is 13.7. The second-order valence-electron chi connectivity index (χ2n) is 9.24. The van der Waals surface area contributed by atoms with Gasteiger partial charge in [0.15, 0.2) is 0 Å². The molecule has 37 heavy (non-hydrogen) atoms. The van der Waals surface area contributed by atoms with Crippen LogP contribution in [0.4, 0.5) is 16.0 Å². The molecule has 1 aromatic carbocycles. The highest BCUT2D eigenvalue weighted by molar-refractivity contribution is 7.15. The minimum Gasteiger partial charge on any atom is -0.465 e. The molecule has 0 fully saturated rings. The van der Waals surface area contributed by atoms with Gasteiger partial charge in [0.05, 0.1) is 23.2 Å². The Morgan fingerprint density at radius 1 is 1.19 bits per heavy atom. The number of alkyl halides is 1. The first kappa shape index (κ1) is 25.0. The number of pyridine rings is 2. The molecule has 2 N–H and O–H groups in total. The third kappa shape index (κ3) is 4.97. The van der Waals surface area contributed by atoms with Gasteiger partial charge in [0.2, 0.25) is 0 Å². The number of rotatable bonds is 6. The molecular weight excluding hydrogens is 491 g/mol. The lowest BCUT2D eigenvalue weighted by molar-refractivity contribution is 0.0583. The van der Waals surface area contributed by atoms with Crippen LogP contribution in [0, 0.1) is 6.92 Å². The van der Waals surface area contributed by atoms with Gasteiger partial charge < -0.3 is 15.2 Å². The Morgan fingerprint density at radius 3 is 2.81 bits per heavy atom. The first-order valence-electron chi connectivity index (χ1n) is 12.0. The van der Waals surface area contributed by atoms with E-state index in [0.717, 1.165) is 34.4 Å². The lowest BCUT2D eigenvalue weighted by atomic mass is 9.79. The summed E-state index contributed by atoms with van der Waals surface area (Å²) in [5.41, 5.74) is 3.14. The third-order valence-corrected chi connectivity index (χ3v) is 7.71. The SMILES string of the molecule is COC(=O)c1ccc2c(c1)CCCC2(O)c1ncc(-c2cc(C)cc(Nc3cc([C@H](C)F)ccn3)n2)s1. The number of carbonyl (C=O) groups is 1. The van der Waals surface area contributed by atoms with Gasteiger partial charge in [-0.15, -0.1) is 11.3 Å². The van der Waals surface area contributed by atoms with Gasteiger partial charge in [0, 0.05) is 12.4 Å². The first-order chi connectivity index (χ1) is 17.8. The van der Waals surface area contributed by atoms with Gasteiger partial charge in [-0.25, -0.2) is 24.1 Å². The van der Waals surface area contributed by atoms with Gasteiger partial charge in [-0.2, -0.15) is 0 Å². The van der Waals surface area contributed by atoms with Crippen molar-refractivity contribution in [2.45, 2.75) is 44.9 Å². The number of thiazole rings is 1. The number of anilines is 2. The van der Waals surface area contributed by atoms with Crippen LogP contribution >= 0.6 is 11.3 Å². The summed E-state index contributed by atoms with van der Waals surface area (Å²) in [5, 5.41) is 15.5. The molecule has 0 radical (unpaired) electrons. The Hall–Kier alpha value is -3.69. The second-order valence-corrected chi connectivity index (χ2v) is 10.3. The summed E-state index contributed by atoms with van der Waals surface area (Å²) < 4.78 is 18.6. The summed E-state index contributed by atoms with van der Waals surface area (Å²) in [6.07, 6.45) is 4.27. The number of hydrogen-bond acceptors (Lipinski definition) is 8. The first-order valence-corrected chi connectivity index (χ1v) is 12.8. The molecule has 0 bridgehead atoms. The number of esters is 1. The zero-order valence-corrected chi connectivity index (χ0v) is 21.6. The second kappa shape index (κ2) is 9.99. The number of nitrogens with one attached hydrogen (secondary N) is 1. The molecule has 190 valence electrons. The number of methoxy groups -OCH3 is 1. The minimum atomic E-state index is -1.25. The number of carbonyl (C=O) groups excluding carboxylic acids is 1. The monoisotopic (exact) mass is 518 g/mol. The smallest absolute Gasteiger partial charge is 0.337 e. The van der Waals surface area contributed by atoms with Crippen molar-refractivity contribution in [1.82, 2.24) is 15.0 Å². The molecule has 0 spiro atoms. The van der Waals surface area contributed by atoms with E-state index in [1.54, 1.807) is 42.7 Å². The number of hydrogen-bond donors (Lipinski definition) is 2. The molecular formula is C28H27FN4O3S. The van der Waals surface area contributed by atoms with Crippen molar-refractivity contribution in [3.63, 3.8) is 0 Å². The molecule has 5 rings (SSSR count). The van der Waals surface area contributed by atoms with E-state index >= 15 is 0 Å². The van der Waals surface area contributed by atoms with Gasteiger partial charge in [0.1, 0.15) is 28.4 Å². The molecule has 0 saturated heterocycles. The van der Waals surface area contributed by atoms with E-state index in [2.05, 4.69) is 15.3 Å². The molecule has 3 aromatic heterocycles. The molecule has 4 aromatic rings. The Bertz CT molecular complexity index is 1470. The average Bonchev–Trinajstić information content (AvgIpc) is 3.39. The number of fused-ring (bicyclic) bond motifs is 1. The topological polar surface area (TPSA) is 97.2 Å². The van der Waals surface area contributed by atoms with Crippen molar-refractivity contribution in [2.75, 3.05) is 12.4 Å². The van der Waals surface area contributed by atoms with Crippen LogP contribution in [-0.2, 0) is 16.8 Å². The third-order valence-electron chi connectivity index (χ3n) is 6.54. The predicted octanol–water partition coefficient (Wildman–Crippen LogP) is 6.04. The van der Waals surface area contributed by atoms with E-state index in [9.17, 15) is 14.3 Å². The molecule has 0 aliphatic heterocycles. The van der Waals surface area contributed by atoms with E-state index in [4.69, 9.17) is 9.72 Å². The van der Waals surface area contributed by atoms with E-state index < -0.39 is 17.7 Å². The molecule has 9 heteroatoms. The molecule has 0 saturated carbocycles. The zero-order chi connectivity index (χ0) is 26.2. The average molecular weight is 519 g/mol. The lowest BCUT2D eigenvalue weighted by Crippen LogP contribution is -2.32. The molecule has 0 amide bonds. The van der Waals surface area contributed by atoms with Crippen LogP contribution < -0.4 is 5.32 Å². The molecule has 1 aliphatic rings. The number of aromatic nitrogens is 3. The Labute approximate surface area is 218 Å². The van der Waals surface area contributed by atoms with Crippen molar-refractivity contribution in [3.8, 4) is 10.6 Å². The largest absolute Gasteiger partial charge is 0.465 e. The van der Waals surface area contributed by atoms with Crippen LogP contribution in [0.25, 0.3) is 10.6 Å². The van der Waals surface area contributed by atoms with Crippen molar-refractivity contribution in [1.29, 1.82) is 0 Å².